The van der Waals surface area contributed by atoms with E-state index in [1.54, 1.807) is 31.2 Å². The van der Waals surface area contributed by atoms with E-state index in [-0.39, 0.29) is 4.90 Å². The number of rotatable bonds is 4. The normalized spacial score (nSPS) is 17.8. The lowest BCUT2D eigenvalue weighted by molar-refractivity contribution is -0.125. The van der Waals surface area contributed by atoms with E-state index in [1.165, 1.54) is 4.31 Å². The molecule has 2 rings (SSSR count). The predicted molar refractivity (Wildman–Crippen MR) is 107 cm³/mol. The molecule has 0 spiro atoms. The number of urea groups is 1. The van der Waals surface area contributed by atoms with E-state index in [9.17, 15) is 18.0 Å². The van der Waals surface area contributed by atoms with E-state index in [0.29, 0.717) is 26.2 Å². The molecule has 28 heavy (non-hydrogen) atoms. The maximum atomic E-state index is 12.8. The number of nitrogens with zero attached hydrogens (tertiary/aromatic N) is 2. The number of benzene rings is 1. The monoisotopic (exact) mass is 410 g/mol. The number of aryl methyl sites for hydroxylation is 1. The summed E-state index contributed by atoms with van der Waals surface area (Å²) < 4.78 is 27.0. The van der Waals surface area contributed by atoms with Crippen LogP contribution in [0.25, 0.3) is 0 Å². The molecule has 0 saturated carbocycles. The van der Waals surface area contributed by atoms with Crippen molar-refractivity contribution >= 4 is 22.0 Å². The molecule has 8 nitrogen and oxygen atoms in total. The van der Waals surface area contributed by atoms with Crippen molar-refractivity contribution in [1.29, 1.82) is 0 Å². The molecule has 0 aromatic heterocycles. The van der Waals surface area contributed by atoms with Gasteiger partial charge in [-0.2, -0.15) is 4.31 Å². The molecule has 0 bridgehead atoms. The number of amides is 3. The first-order valence-corrected chi connectivity index (χ1v) is 10.8. The van der Waals surface area contributed by atoms with Crippen molar-refractivity contribution in [3.8, 4) is 0 Å². The summed E-state index contributed by atoms with van der Waals surface area (Å²) in [6, 6.07) is 5.71. The van der Waals surface area contributed by atoms with Crippen LogP contribution in [0, 0.1) is 6.92 Å². The van der Waals surface area contributed by atoms with E-state index < -0.39 is 33.5 Å². The summed E-state index contributed by atoms with van der Waals surface area (Å²) in [7, 11) is -3.55. The standard InChI is InChI=1S/C19H30N4O4S/c1-14-6-8-16(9-7-14)28(26,27)23-12-10-22(11-13-23)15(2)17(24)20-18(25)21-19(3,4)5/h6-9,15H,10-13H2,1-5H3,(H2,20,21,24,25). The minimum atomic E-state index is -3.55. The number of imide groups is 1. The van der Waals surface area contributed by atoms with Crippen LogP contribution >= 0.6 is 0 Å². The zero-order chi connectivity index (χ0) is 21.1. The Bertz CT molecular complexity index is 807. The third-order valence-corrected chi connectivity index (χ3v) is 6.50. The molecule has 0 radical (unpaired) electrons. The van der Waals surface area contributed by atoms with Crippen molar-refractivity contribution in [3.63, 3.8) is 0 Å². The molecule has 1 aromatic carbocycles. The largest absolute Gasteiger partial charge is 0.333 e. The second-order valence-electron chi connectivity index (χ2n) is 8.12. The highest BCUT2D eigenvalue weighted by molar-refractivity contribution is 7.89. The third-order valence-electron chi connectivity index (χ3n) is 4.58. The summed E-state index contributed by atoms with van der Waals surface area (Å²) in [4.78, 5) is 26.3. The van der Waals surface area contributed by atoms with Gasteiger partial charge in [-0.05, 0) is 46.8 Å². The zero-order valence-corrected chi connectivity index (χ0v) is 18.0. The van der Waals surface area contributed by atoms with Gasteiger partial charge in [0.2, 0.25) is 15.9 Å². The van der Waals surface area contributed by atoms with Gasteiger partial charge in [0, 0.05) is 31.7 Å². The van der Waals surface area contributed by atoms with E-state index >= 15 is 0 Å². The number of carbonyl (C=O) groups excluding carboxylic acids is 2. The average Bonchev–Trinajstić information content (AvgIpc) is 2.59. The van der Waals surface area contributed by atoms with Gasteiger partial charge in [0.15, 0.2) is 0 Å². The highest BCUT2D eigenvalue weighted by Gasteiger charge is 2.32. The minimum absolute atomic E-state index is 0.274. The van der Waals surface area contributed by atoms with Gasteiger partial charge in [-0.25, -0.2) is 13.2 Å². The van der Waals surface area contributed by atoms with Crippen LogP contribution in [-0.2, 0) is 14.8 Å². The van der Waals surface area contributed by atoms with Gasteiger partial charge in [0.05, 0.1) is 10.9 Å². The Hall–Kier alpha value is -1.97. The van der Waals surface area contributed by atoms with Gasteiger partial charge in [-0.3, -0.25) is 15.0 Å². The summed E-state index contributed by atoms with van der Waals surface area (Å²) in [6.07, 6.45) is 0. The lowest BCUT2D eigenvalue weighted by Gasteiger charge is -2.36. The van der Waals surface area contributed by atoms with Crippen LogP contribution in [0.4, 0.5) is 4.79 Å². The SMILES string of the molecule is Cc1ccc(S(=O)(=O)N2CCN(C(C)C(=O)NC(=O)NC(C)(C)C)CC2)cc1. The van der Waals surface area contributed by atoms with Crippen molar-refractivity contribution in [1.82, 2.24) is 19.8 Å². The van der Waals surface area contributed by atoms with Gasteiger partial charge in [-0.1, -0.05) is 17.7 Å². The molecule has 1 unspecified atom stereocenters. The lowest BCUT2D eigenvalue weighted by Crippen LogP contribution is -2.57. The average molecular weight is 411 g/mol. The highest BCUT2D eigenvalue weighted by atomic mass is 32.2. The van der Waals surface area contributed by atoms with Crippen molar-refractivity contribution in [2.24, 2.45) is 0 Å². The van der Waals surface area contributed by atoms with Crippen LogP contribution in [0.1, 0.15) is 33.3 Å². The smallest absolute Gasteiger partial charge is 0.321 e. The van der Waals surface area contributed by atoms with Crippen molar-refractivity contribution < 1.29 is 18.0 Å². The maximum Gasteiger partial charge on any atom is 0.321 e. The molecule has 1 aliphatic heterocycles. The zero-order valence-electron chi connectivity index (χ0n) is 17.2. The summed E-state index contributed by atoms with van der Waals surface area (Å²) >= 11 is 0. The quantitative estimate of drug-likeness (QED) is 0.780. The Kier molecular flexibility index (Phi) is 6.84. The highest BCUT2D eigenvalue weighted by Crippen LogP contribution is 2.19. The molecule has 1 saturated heterocycles. The van der Waals surface area contributed by atoms with Gasteiger partial charge in [0.1, 0.15) is 0 Å². The second kappa shape index (κ2) is 8.59. The summed E-state index contributed by atoms with van der Waals surface area (Å²) in [5, 5.41) is 5.02. The molecule has 156 valence electrons. The number of piperazine rings is 1. The van der Waals surface area contributed by atoms with E-state index in [0.717, 1.165) is 5.56 Å². The predicted octanol–water partition coefficient (Wildman–Crippen LogP) is 1.31. The van der Waals surface area contributed by atoms with Crippen LogP contribution in [0.2, 0.25) is 0 Å². The summed E-state index contributed by atoms with van der Waals surface area (Å²) in [5.41, 5.74) is 0.558. The molecule has 2 N–H and O–H groups in total. The van der Waals surface area contributed by atoms with Crippen LogP contribution < -0.4 is 10.6 Å². The minimum Gasteiger partial charge on any atom is -0.333 e. The van der Waals surface area contributed by atoms with E-state index in [2.05, 4.69) is 10.6 Å². The van der Waals surface area contributed by atoms with E-state index in [4.69, 9.17) is 0 Å². The van der Waals surface area contributed by atoms with Crippen molar-refractivity contribution in [2.75, 3.05) is 26.2 Å². The molecule has 1 fully saturated rings. The first-order valence-electron chi connectivity index (χ1n) is 9.34. The van der Waals surface area contributed by atoms with Gasteiger partial charge >= 0.3 is 6.03 Å². The van der Waals surface area contributed by atoms with Gasteiger partial charge in [-0.15, -0.1) is 0 Å². The Balaban J connectivity index is 1.93. The molecule has 1 atom stereocenters. The number of carbonyl (C=O) groups is 2. The molecular formula is C19H30N4O4S. The summed E-state index contributed by atoms with van der Waals surface area (Å²) in [5.74, 6) is -0.406. The fraction of sp³-hybridized carbons (Fsp3) is 0.579. The molecular weight excluding hydrogens is 380 g/mol. The molecule has 3 amide bonds. The summed E-state index contributed by atoms with van der Waals surface area (Å²) in [6.45, 7) is 10.5. The molecule has 1 aromatic rings. The third kappa shape index (κ3) is 5.76. The fourth-order valence-electron chi connectivity index (χ4n) is 2.94. The number of nitrogens with one attached hydrogen (secondary N) is 2. The van der Waals surface area contributed by atoms with Crippen molar-refractivity contribution in [2.45, 2.75) is 51.1 Å². The van der Waals surface area contributed by atoms with Gasteiger partial charge < -0.3 is 5.32 Å². The van der Waals surface area contributed by atoms with Crippen molar-refractivity contribution in [3.05, 3.63) is 29.8 Å². The fourth-order valence-corrected chi connectivity index (χ4v) is 4.37. The molecule has 1 heterocycles. The maximum absolute atomic E-state index is 12.8. The topological polar surface area (TPSA) is 98.8 Å². The van der Waals surface area contributed by atoms with Gasteiger partial charge in [0.25, 0.3) is 0 Å². The Morgan fingerprint density at radius 2 is 1.57 bits per heavy atom. The Labute approximate surface area is 167 Å². The van der Waals surface area contributed by atoms with E-state index in [1.807, 2.05) is 32.6 Å². The van der Waals surface area contributed by atoms with Crippen LogP contribution in [-0.4, -0.2) is 67.3 Å². The second-order valence-corrected chi connectivity index (χ2v) is 10.1. The molecule has 1 aliphatic rings. The molecule has 9 heteroatoms. The molecule has 0 aliphatic carbocycles. The van der Waals surface area contributed by atoms with Crippen LogP contribution in [0.15, 0.2) is 29.2 Å². The Morgan fingerprint density at radius 1 is 1.04 bits per heavy atom. The Morgan fingerprint density at radius 3 is 2.07 bits per heavy atom. The van der Waals surface area contributed by atoms with Crippen LogP contribution in [0.5, 0.6) is 0 Å². The number of hydrogen-bond donors (Lipinski definition) is 2. The first-order chi connectivity index (χ1) is 12.9. The van der Waals surface area contributed by atoms with Crippen LogP contribution in [0.3, 0.4) is 0 Å². The lowest BCUT2D eigenvalue weighted by atomic mass is 10.1. The first kappa shape index (κ1) is 22.3. The number of hydrogen-bond acceptors (Lipinski definition) is 5. The number of sulfonamides is 1.